The van der Waals surface area contributed by atoms with Crippen LogP contribution in [0.25, 0.3) is 0 Å². The Morgan fingerprint density at radius 1 is 1.29 bits per heavy atom. The highest BCUT2D eigenvalue weighted by molar-refractivity contribution is 6.08. The van der Waals surface area contributed by atoms with Crippen molar-refractivity contribution in [1.29, 1.82) is 0 Å². The first kappa shape index (κ1) is 13.8. The Morgan fingerprint density at radius 3 is 2.43 bits per heavy atom. The number of aromatic nitrogens is 2. The van der Waals surface area contributed by atoms with Crippen LogP contribution >= 0.6 is 0 Å². The Hall–Kier alpha value is -2.18. The largest absolute Gasteiger partial charge is 0.308 e. The fraction of sp³-hybridized carbons (Fsp3) is 0.571. The molecule has 7 nitrogen and oxygen atoms in total. The van der Waals surface area contributed by atoms with Gasteiger partial charge in [0.2, 0.25) is 17.7 Å². The van der Waals surface area contributed by atoms with Crippen LogP contribution in [0.4, 0.5) is 5.82 Å². The number of aryl methyl sites for hydroxylation is 1. The molecule has 0 bridgehead atoms. The summed E-state index contributed by atoms with van der Waals surface area (Å²) in [4.78, 5) is 37.6. The third-order valence-electron chi connectivity index (χ3n) is 4.22. The number of likely N-dealkylation sites (tertiary alicyclic amines) is 1. The smallest absolute Gasteiger partial charge is 0.245 e. The highest BCUT2D eigenvalue weighted by Crippen LogP contribution is 2.37. The Balaban J connectivity index is 1.65. The molecule has 2 atom stereocenters. The van der Waals surface area contributed by atoms with Crippen LogP contribution in [-0.2, 0) is 21.4 Å². The first-order chi connectivity index (χ1) is 10.1. The lowest BCUT2D eigenvalue weighted by atomic mass is 9.81. The minimum atomic E-state index is -0.394. The number of carbonyl (C=O) groups excluding carboxylic acids is 3. The molecular weight excluding hydrogens is 272 g/mol. The summed E-state index contributed by atoms with van der Waals surface area (Å²) >= 11 is 0. The third kappa shape index (κ3) is 2.55. The van der Waals surface area contributed by atoms with E-state index in [-0.39, 0.29) is 30.2 Å². The van der Waals surface area contributed by atoms with Crippen LogP contribution < -0.4 is 5.32 Å². The Bertz CT molecular complexity index is 571. The van der Waals surface area contributed by atoms with Crippen LogP contribution in [0.3, 0.4) is 0 Å². The number of anilines is 1. The monoisotopic (exact) mass is 290 g/mol. The van der Waals surface area contributed by atoms with Gasteiger partial charge >= 0.3 is 0 Å². The third-order valence-corrected chi connectivity index (χ3v) is 4.22. The van der Waals surface area contributed by atoms with Gasteiger partial charge in [-0.3, -0.25) is 24.0 Å². The predicted molar refractivity (Wildman–Crippen MR) is 74.0 cm³/mol. The molecule has 1 aromatic rings. The van der Waals surface area contributed by atoms with Gasteiger partial charge in [-0.15, -0.1) is 0 Å². The van der Waals surface area contributed by atoms with E-state index < -0.39 is 5.91 Å². The Morgan fingerprint density at radius 2 is 1.90 bits per heavy atom. The van der Waals surface area contributed by atoms with Crippen LogP contribution in [0.15, 0.2) is 12.3 Å². The van der Waals surface area contributed by atoms with Crippen molar-refractivity contribution in [3.63, 3.8) is 0 Å². The normalized spacial score (nSPS) is 25.1. The lowest BCUT2D eigenvalue weighted by Crippen LogP contribution is -2.38. The van der Waals surface area contributed by atoms with E-state index in [9.17, 15) is 14.4 Å². The molecule has 0 radical (unpaired) electrons. The van der Waals surface area contributed by atoms with Crippen molar-refractivity contribution in [2.75, 3.05) is 11.9 Å². The maximum absolute atomic E-state index is 12.2. The molecule has 3 rings (SSSR count). The van der Waals surface area contributed by atoms with Crippen molar-refractivity contribution < 1.29 is 14.4 Å². The van der Waals surface area contributed by atoms with Gasteiger partial charge in [-0.2, -0.15) is 5.10 Å². The summed E-state index contributed by atoms with van der Waals surface area (Å²) in [6.45, 7) is -0.221. The lowest BCUT2D eigenvalue weighted by Gasteiger charge is -2.19. The van der Waals surface area contributed by atoms with E-state index in [1.165, 1.54) is 0 Å². The summed E-state index contributed by atoms with van der Waals surface area (Å²) in [6.07, 6.45) is 5.18. The number of fused-ring (bicyclic) bond motifs is 1. The molecule has 0 aromatic carbocycles. The van der Waals surface area contributed by atoms with Gasteiger partial charge in [-0.25, -0.2) is 0 Å². The van der Waals surface area contributed by atoms with Gasteiger partial charge in [0.05, 0.1) is 11.8 Å². The van der Waals surface area contributed by atoms with E-state index in [0.29, 0.717) is 5.82 Å². The zero-order chi connectivity index (χ0) is 15.0. The summed E-state index contributed by atoms with van der Waals surface area (Å²) in [5.41, 5.74) is 0. The molecule has 3 amide bonds. The number of rotatable bonds is 3. The van der Waals surface area contributed by atoms with Crippen LogP contribution in [0.1, 0.15) is 25.7 Å². The van der Waals surface area contributed by atoms with Gasteiger partial charge in [-0.05, 0) is 12.8 Å². The zero-order valence-corrected chi connectivity index (χ0v) is 11.9. The van der Waals surface area contributed by atoms with E-state index in [2.05, 4.69) is 10.4 Å². The number of carbonyl (C=O) groups is 3. The molecule has 0 spiro atoms. The summed E-state index contributed by atoms with van der Waals surface area (Å²) < 4.78 is 1.57. The van der Waals surface area contributed by atoms with Crippen LogP contribution in [0, 0.1) is 11.8 Å². The molecule has 21 heavy (non-hydrogen) atoms. The molecule has 7 heteroatoms. The van der Waals surface area contributed by atoms with Crippen molar-refractivity contribution in [3.8, 4) is 0 Å². The maximum Gasteiger partial charge on any atom is 0.245 e. The molecule has 2 fully saturated rings. The molecule has 1 aromatic heterocycles. The molecule has 112 valence electrons. The number of nitrogens with one attached hydrogen (secondary N) is 1. The Kier molecular flexibility index (Phi) is 3.48. The van der Waals surface area contributed by atoms with Crippen LogP contribution in [0.2, 0.25) is 0 Å². The lowest BCUT2D eigenvalue weighted by molar-refractivity contribution is -0.142. The van der Waals surface area contributed by atoms with Crippen LogP contribution in [-0.4, -0.2) is 38.9 Å². The summed E-state index contributed by atoms with van der Waals surface area (Å²) in [7, 11) is 1.74. The summed E-state index contributed by atoms with van der Waals surface area (Å²) in [5.74, 6) is -0.794. The molecule has 0 unspecified atom stereocenters. The second-order valence-corrected chi connectivity index (χ2v) is 5.68. The van der Waals surface area contributed by atoms with Crippen molar-refractivity contribution in [2.45, 2.75) is 25.7 Å². The number of nitrogens with zero attached hydrogens (tertiary/aromatic N) is 3. The molecule has 1 saturated carbocycles. The van der Waals surface area contributed by atoms with E-state index in [1.54, 1.807) is 24.0 Å². The average Bonchev–Trinajstić information content (AvgIpc) is 2.97. The standard InChI is InChI=1S/C14H18N4O3/c1-17-7-6-11(16-17)15-12(19)8-18-13(20)9-4-2-3-5-10(9)14(18)21/h6-7,9-10H,2-5,8H2,1H3,(H,15,16,19)/t9-,10+. The molecule has 2 aliphatic rings. The molecule has 1 aliphatic heterocycles. The first-order valence-corrected chi connectivity index (χ1v) is 7.21. The van der Waals surface area contributed by atoms with Crippen molar-refractivity contribution in [2.24, 2.45) is 18.9 Å². The van der Waals surface area contributed by atoms with Crippen LogP contribution in [0.5, 0.6) is 0 Å². The quantitative estimate of drug-likeness (QED) is 0.823. The summed E-state index contributed by atoms with van der Waals surface area (Å²) in [5, 5.41) is 6.63. The maximum atomic E-state index is 12.2. The first-order valence-electron chi connectivity index (χ1n) is 7.21. The SMILES string of the molecule is Cn1ccc(NC(=O)CN2C(=O)[C@H]3CCCC[C@H]3C2=O)n1. The van der Waals surface area contributed by atoms with Gasteiger partial charge in [0, 0.05) is 19.3 Å². The topological polar surface area (TPSA) is 84.3 Å². The second kappa shape index (κ2) is 5.31. The number of hydrogen-bond donors (Lipinski definition) is 1. The molecule has 2 heterocycles. The van der Waals surface area contributed by atoms with E-state index >= 15 is 0 Å². The second-order valence-electron chi connectivity index (χ2n) is 5.68. The van der Waals surface area contributed by atoms with Crippen molar-refractivity contribution in [1.82, 2.24) is 14.7 Å². The summed E-state index contributed by atoms with van der Waals surface area (Å²) in [6, 6.07) is 1.66. The Labute approximate surface area is 122 Å². The zero-order valence-electron chi connectivity index (χ0n) is 11.9. The van der Waals surface area contributed by atoms with Gasteiger partial charge in [-0.1, -0.05) is 12.8 Å². The molecule has 1 saturated heterocycles. The van der Waals surface area contributed by atoms with E-state index in [4.69, 9.17) is 0 Å². The van der Waals surface area contributed by atoms with Crippen molar-refractivity contribution in [3.05, 3.63) is 12.3 Å². The molecule has 1 aliphatic carbocycles. The number of hydrogen-bond acceptors (Lipinski definition) is 4. The fourth-order valence-electron chi connectivity index (χ4n) is 3.19. The van der Waals surface area contributed by atoms with Gasteiger partial charge in [0.25, 0.3) is 0 Å². The number of imide groups is 1. The minimum Gasteiger partial charge on any atom is -0.308 e. The highest BCUT2D eigenvalue weighted by Gasteiger charge is 2.48. The van der Waals surface area contributed by atoms with Crippen molar-refractivity contribution >= 4 is 23.5 Å². The van der Waals surface area contributed by atoms with Gasteiger partial charge in [0.1, 0.15) is 6.54 Å². The number of amides is 3. The molecule has 1 N–H and O–H groups in total. The van der Waals surface area contributed by atoms with E-state index in [1.807, 2.05) is 0 Å². The fourth-order valence-corrected chi connectivity index (χ4v) is 3.19. The highest BCUT2D eigenvalue weighted by atomic mass is 16.2. The average molecular weight is 290 g/mol. The minimum absolute atomic E-state index is 0.194. The van der Waals surface area contributed by atoms with Gasteiger partial charge in [0.15, 0.2) is 5.82 Å². The molecular formula is C14H18N4O3. The predicted octanol–water partition coefficient (Wildman–Crippen LogP) is 0.534. The van der Waals surface area contributed by atoms with Gasteiger partial charge < -0.3 is 5.32 Å². The van der Waals surface area contributed by atoms with E-state index in [0.717, 1.165) is 30.6 Å².